The van der Waals surface area contributed by atoms with Gasteiger partial charge in [-0.2, -0.15) is 0 Å². The van der Waals surface area contributed by atoms with Gasteiger partial charge >= 0.3 is 0 Å². The molecule has 2 aromatic rings. The molecule has 4 heteroatoms. The van der Waals surface area contributed by atoms with Crippen LogP contribution in [-0.2, 0) is 11.2 Å². The number of ether oxygens (including phenoxy) is 2. The van der Waals surface area contributed by atoms with Gasteiger partial charge in [0.25, 0.3) is 0 Å². The summed E-state index contributed by atoms with van der Waals surface area (Å²) in [6, 6.07) is 16.0. The number of fused-ring (bicyclic) bond motifs is 1. The third-order valence-corrected chi connectivity index (χ3v) is 5.25. The Bertz CT molecular complexity index is 841. The van der Waals surface area contributed by atoms with E-state index in [1.165, 1.54) is 5.56 Å². The Morgan fingerprint density at radius 2 is 1.81 bits per heavy atom. The minimum absolute atomic E-state index is 0.199. The summed E-state index contributed by atoms with van der Waals surface area (Å²) in [6.45, 7) is 0.709. The van der Waals surface area contributed by atoms with Crippen molar-refractivity contribution < 1.29 is 14.3 Å². The van der Waals surface area contributed by atoms with Gasteiger partial charge in [-0.25, -0.2) is 0 Å². The van der Waals surface area contributed by atoms with Gasteiger partial charge in [0, 0.05) is 24.1 Å². The van der Waals surface area contributed by atoms with Crippen molar-refractivity contribution in [1.29, 1.82) is 0 Å². The monoisotopic (exact) mass is 349 g/mol. The van der Waals surface area contributed by atoms with Crippen LogP contribution < -0.4 is 9.47 Å². The van der Waals surface area contributed by atoms with Crippen LogP contribution in [0.2, 0.25) is 0 Å². The second-order valence-electron chi connectivity index (χ2n) is 6.88. The molecule has 4 nitrogen and oxygen atoms in total. The number of hydrogen-bond donors (Lipinski definition) is 0. The van der Waals surface area contributed by atoms with Gasteiger partial charge in [0.1, 0.15) is 11.5 Å². The maximum atomic E-state index is 12.6. The van der Waals surface area contributed by atoms with Crippen LogP contribution in [0.25, 0.3) is 6.08 Å². The van der Waals surface area contributed by atoms with E-state index in [9.17, 15) is 4.79 Å². The van der Waals surface area contributed by atoms with E-state index < -0.39 is 0 Å². The first kappa shape index (κ1) is 16.7. The maximum absolute atomic E-state index is 12.6. The highest BCUT2D eigenvalue weighted by molar-refractivity contribution is 5.89. The predicted molar refractivity (Wildman–Crippen MR) is 101 cm³/mol. The molecule has 1 saturated heterocycles. The molecule has 0 aromatic heterocycles. The van der Waals surface area contributed by atoms with Gasteiger partial charge < -0.3 is 14.4 Å². The third kappa shape index (κ3) is 3.19. The fraction of sp³-hybridized carbons (Fsp3) is 0.318. The fourth-order valence-electron chi connectivity index (χ4n) is 3.69. The molecule has 4 rings (SSSR count). The Morgan fingerprint density at radius 3 is 2.54 bits per heavy atom. The van der Waals surface area contributed by atoms with Crippen LogP contribution in [0.5, 0.6) is 11.5 Å². The van der Waals surface area contributed by atoms with Gasteiger partial charge in [0.05, 0.1) is 14.2 Å². The number of piperidine rings is 1. The van der Waals surface area contributed by atoms with Crippen LogP contribution in [0.3, 0.4) is 0 Å². The summed E-state index contributed by atoms with van der Waals surface area (Å²) in [6.07, 6.45) is 3.97. The summed E-state index contributed by atoms with van der Waals surface area (Å²) in [7, 11) is 3.34. The van der Waals surface area contributed by atoms with Crippen molar-refractivity contribution >= 4 is 12.0 Å². The fourth-order valence-corrected chi connectivity index (χ4v) is 3.69. The molecule has 0 spiro atoms. The average molecular weight is 349 g/mol. The third-order valence-electron chi connectivity index (χ3n) is 5.25. The van der Waals surface area contributed by atoms with Crippen molar-refractivity contribution in [3.63, 3.8) is 0 Å². The molecule has 0 bridgehead atoms. The molecular formula is C22H23NO3. The van der Waals surface area contributed by atoms with E-state index in [4.69, 9.17) is 9.47 Å². The minimum Gasteiger partial charge on any atom is -0.497 e. The van der Waals surface area contributed by atoms with Gasteiger partial charge in [0.2, 0.25) is 5.91 Å². The zero-order valence-corrected chi connectivity index (χ0v) is 15.1. The number of likely N-dealkylation sites (tertiary alicyclic amines) is 1. The number of benzene rings is 2. The molecule has 1 saturated carbocycles. The Labute approximate surface area is 154 Å². The highest BCUT2D eigenvalue weighted by atomic mass is 16.5. The van der Waals surface area contributed by atoms with Crippen LogP contribution in [0.15, 0.2) is 54.2 Å². The van der Waals surface area contributed by atoms with Gasteiger partial charge in [-0.1, -0.05) is 24.3 Å². The summed E-state index contributed by atoms with van der Waals surface area (Å²) >= 11 is 0. The Morgan fingerprint density at radius 1 is 1.04 bits per heavy atom. The van der Waals surface area contributed by atoms with E-state index in [2.05, 4.69) is 12.1 Å². The van der Waals surface area contributed by atoms with Crippen LogP contribution in [0, 0.1) is 11.8 Å². The number of rotatable bonds is 6. The molecule has 1 amide bonds. The lowest BCUT2D eigenvalue weighted by molar-refractivity contribution is -0.128. The van der Waals surface area contributed by atoms with Crippen molar-refractivity contribution in [3.05, 3.63) is 65.4 Å². The minimum atomic E-state index is 0.199. The van der Waals surface area contributed by atoms with Crippen molar-refractivity contribution in [1.82, 2.24) is 4.90 Å². The topological polar surface area (TPSA) is 38.8 Å². The number of amides is 1. The largest absolute Gasteiger partial charge is 0.497 e. The van der Waals surface area contributed by atoms with Crippen LogP contribution in [0.1, 0.15) is 17.5 Å². The SMILES string of the molecule is COc1ccc(/C=C2\C3CC3C(=O)N2CCc2cccc(OC)c2)cc1. The molecule has 2 aliphatic rings. The molecule has 0 N–H and O–H groups in total. The normalized spacial score (nSPS) is 22.5. The second kappa shape index (κ2) is 6.87. The van der Waals surface area contributed by atoms with E-state index in [0.717, 1.165) is 35.6 Å². The van der Waals surface area contributed by atoms with Crippen molar-refractivity contribution in [2.45, 2.75) is 12.8 Å². The zero-order valence-electron chi connectivity index (χ0n) is 15.1. The first-order chi connectivity index (χ1) is 12.7. The smallest absolute Gasteiger partial charge is 0.230 e. The van der Waals surface area contributed by atoms with Gasteiger partial charge in [0.15, 0.2) is 0 Å². The maximum Gasteiger partial charge on any atom is 0.230 e. The quantitative estimate of drug-likeness (QED) is 0.797. The van der Waals surface area contributed by atoms with Gasteiger partial charge in [-0.05, 0) is 54.3 Å². The summed E-state index contributed by atoms with van der Waals surface area (Å²) in [5.41, 5.74) is 3.45. The number of hydrogen-bond acceptors (Lipinski definition) is 3. The predicted octanol–water partition coefficient (Wildman–Crippen LogP) is 3.77. The molecule has 2 fully saturated rings. The lowest BCUT2D eigenvalue weighted by atomic mass is 10.1. The summed E-state index contributed by atoms with van der Waals surface area (Å²) in [5, 5.41) is 0. The highest BCUT2D eigenvalue weighted by Gasteiger charge is 2.55. The highest BCUT2D eigenvalue weighted by Crippen LogP contribution is 2.53. The lowest BCUT2D eigenvalue weighted by Gasteiger charge is -2.21. The van der Waals surface area contributed by atoms with Crippen LogP contribution in [0.4, 0.5) is 0 Å². The van der Waals surface area contributed by atoms with Crippen LogP contribution >= 0.6 is 0 Å². The Hall–Kier alpha value is -2.75. The molecular weight excluding hydrogens is 326 g/mol. The summed E-state index contributed by atoms with van der Waals surface area (Å²) in [5.74, 6) is 2.57. The van der Waals surface area contributed by atoms with E-state index in [1.54, 1.807) is 14.2 Å². The number of carbonyl (C=O) groups excluding carboxylic acids is 1. The molecule has 2 unspecified atom stereocenters. The number of methoxy groups -OCH3 is 2. The Kier molecular flexibility index (Phi) is 4.41. The first-order valence-electron chi connectivity index (χ1n) is 8.99. The zero-order chi connectivity index (χ0) is 18.1. The van der Waals surface area contributed by atoms with Crippen molar-refractivity contribution in [2.75, 3.05) is 20.8 Å². The number of allylic oxidation sites excluding steroid dienone is 1. The molecule has 1 heterocycles. The molecule has 0 radical (unpaired) electrons. The van der Waals surface area contributed by atoms with E-state index in [0.29, 0.717) is 12.5 Å². The molecule has 134 valence electrons. The number of nitrogens with zero attached hydrogens (tertiary/aromatic N) is 1. The first-order valence-corrected chi connectivity index (χ1v) is 8.99. The van der Waals surface area contributed by atoms with Crippen molar-refractivity contribution in [2.24, 2.45) is 11.8 Å². The molecule has 1 aliphatic carbocycles. The van der Waals surface area contributed by atoms with Crippen LogP contribution in [-0.4, -0.2) is 31.6 Å². The van der Waals surface area contributed by atoms with E-state index in [1.807, 2.05) is 47.4 Å². The van der Waals surface area contributed by atoms with Crippen molar-refractivity contribution in [3.8, 4) is 11.5 Å². The van der Waals surface area contributed by atoms with E-state index in [-0.39, 0.29) is 11.8 Å². The molecule has 1 aliphatic heterocycles. The standard InChI is InChI=1S/C22H23NO3/c1-25-17-8-6-16(7-9-17)13-21-19-14-20(19)22(24)23(21)11-10-15-4-3-5-18(12-15)26-2/h3-9,12-13,19-20H,10-11,14H2,1-2H3/b21-13+. The summed E-state index contributed by atoms with van der Waals surface area (Å²) < 4.78 is 10.5. The molecule has 2 aromatic carbocycles. The number of carbonyl (C=O) groups is 1. The molecule has 2 atom stereocenters. The van der Waals surface area contributed by atoms with E-state index >= 15 is 0 Å². The average Bonchev–Trinajstić information content (AvgIpc) is 3.43. The molecule has 26 heavy (non-hydrogen) atoms. The second-order valence-corrected chi connectivity index (χ2v) is 6.88. The van der Waals surface area contributed by atoms with Gasteiger partial charge in [-0.3, -0.25) is 4.79 Å². The summed E-state index contributed by atoms with van der Waals surface area (Å²) in [4.78, 5) is 14.6. The Balaban J connectivity index is 1.51. The lowest BCUT2D eigenvalue weighted by Crippen LogP contribution is -2.29. The van der Waals surface area contributed by atoms with Gasteiger partial charge in [-0.15, -0.1) is 0 Å².